The van der Waals surface area contributed by atoms with Crippen molar-refractivity contribution in [2.45, 2.75) is 0 Å². The molecule has 0 bridgehead atoms. The third kappa shape index (κ3) is 4.51. The van der Waals surface area contributed by atoms with Crippen LogP contribution in [0.4, 0.5) is 4.39 Å². The van der Waals surface area contributed by atoms with Gasteiger partial charge in [-0.2, -0.15) is 0 Å². The molecular formula is C14H13ClFNO3. The fourth-order valence-corrected chi connectivity index (χ4v) is 1.71. The number of aliphatic carboxylic acids is 1. The van der Waals surface area contributed by atoms with Crippen molar-refractivity contribution in [3.8, 4) is 0 Å². The lowest BCUT2D eigenvalue weighted by Gasteiger charge is -2.16. The highest BCUT2D eigenvalue weighted by Crippen LogP contribution is 2.20. The molecule has 0 unspecified atom stereocenters. The van der Waals surface area contributed by atoms with Gasteiger partial charge in [0.2, 0.25) is 5.91 Å². The summed E-state index contributed by atoms with van der Waals surface area (Å²) in [6.45, 7) is 3.07. The molecule has 1 N–H and O–H groups in total. The molecule has 6 heteroatoms. The highest BCUT2D eigenvalue weighted by Gasteiger charge is 2.13. The number of carboxylic acids is 1. The number of amides is 1. The van der Waals surface area contributed by atoms with Crippen LogP contribution in [-0.2, 0) is 9.59 Å². The molecule has 0 saturated heterocycles. The molecule has 0 aromatic heterocycles. The lowest BCUT2D eigenvalue weighted by molar-refractivity contribution is -0.142. The molecule has 0 aliphatic rings. The molecule has 1 amide bonds. The van der Waals surface area contributed by atoms with E-state index in [0.717, 1.165) is 11.0 Å². The van der Waals surface area contributed by atoms with E-state index in [1.165, 1.54) is 30.4 Å². The second kappa shape index (κ2) is 7.45. The summed E-state index contributed by atoms with van der Waals surface area (Å²) < 4.78 is 13.5. The normalized spacial score (nSPS) is 10.5. The molecule has 0 atom stereocenters. The summed E-state index contributed by atoms with van der Waals surface area (Å²) in [5.74, 6) is -2.26. The van der Waals surface area contributed by atoms with Crippen LogP contribution in [0.2, 0.25) is 5.02 Å². The summed E-state index contributed by atoms with van der Waals surface area (Å²) >= 11 is 5.81. The van der Waals surface area contributed by atoms with Gasteiger partial charge in [-0.3, -0.25) is 9.59 Å². The largest absolute Gasteiger partial charge is 0.480 e. The number of carbonyl (C=O) groups is 2. The smallest absolute Gasteiger partial charge is 0.323 e. The molecule has 106 valence electrons. The maximum atomic E-state index is 13.5. The van der Waals surface area contributed by atoms with Crippen molar-refractivity contribution in [1.29, 1.82) is 0 Å². The number of carboxylic acid groups (broad SMARTS) is 1. The average molecular weight is 298 g/mol. The van der Waals surface area contributed by atoms with E-state index < -0.39 is 24.2 Å². The van der Waals surface area contributed by atoms with Crippen LogP contribution in [-0.4, -0.2) is 35.0 Å². The fraction of sp³-hybridized carbons (Fsp3) is 0.143. The predicted molar refractivity (Wildman–Crippen MR) is 74.9 cm³/mol. The number of carbonyl (C=O) groups excluding carboxylic acids is 1. The minimum Gasteiger partial charge on any atom is -0.480 e. The lowest BCUT2D eigenvalue weighted by atomic mass is 10.2. The predicted octanol–water partition coefficient (Wildman–Crippen LogP) is 2.59. The Balaban J connectivity index is 2.89. The van der Waals surface area contributed by atoms with Crippen LogP contribution >= 0.6 is 11.6 Å². The van der Waals surface area contributed by atoms with E-state index in [4.69, 9.17) is 16.7 Å². The zero-order valence-corrected chi connectivity index (χ0v) is 11.3. The molecule has 0 heterocycles. The Morgan fingerprint density at radius 1 is 1.45 bits per heavy atom. The van der Waals surface area contributed by atoms with Crippen LogP contribution in [0.15, 0.2) is 36.9 Å². The Morgan fingerprint density at radius 2 is 2.15 bits per heavy atom. The molecule has 1 rings (SSSR count). The van der Waals surface area contributed by atoms with E-state index in [1.54, 1.807) is 0 Å². The van der Waals surface area contributed by atoms with Gasteiger partial charge in [0.15, 0.2) is 0 Å². The van der Waals surface area contributed by atoms with Gasteiger partial charge in [0.05, 0.1) is 5.02 Å². The lowest BCUT2D eigenvalue weighted by Crippen LogP contribution is -2.34. The van der Waals surface area contributed by atoms with Crippen LogP contribution in [0.1, 0.15) is 5.56 Å². The highest BCUT2D eigenvalue weighted by atomic mass is 35.5. The molecule has 20 heavy (non-hydrogen) atoms. The molecule has 4 nitrogen and oxygen atoms in total. The quantitative estimate of drug-likeness (QED) is 0.648. The number of nitrogens with zero attached hydrogens (tertiary/aromatic N) is 1. The topological polar surface area (TPSA) is 57.6 Å². The van der Waals surface area contributed by atoms with Crippen LogP contribution < -0.4 is 0 Å². The Kier molecular flexibility index (Phi) is 5.93. The summed E-state index contributed by atoms with van der Waals surface area (Å²) in [4.78, 5) is 23.5. The van der Waals surface area contributed by atoms with Gasteiger partial charge in [0.25, 0.3) is 0 Å². The van der Waals surface area contributed by atoms with Crippen LogP contribution in [0, 0.1) is 5.82 Å². The van der Waals surface area contributed by atoms with E-state index in [-0.39, 0.29) is 17.1 Å². The van der Waals surface area contributed by atoms with E-state index in [9.17, 15) is 14.0 Å². The summed E-state index contributed by atoms with van der Waals surface area (Å²) in [6, 6.07) is 4.16. The summed E-state index contributed by atoms with van der Waals surface area (Å²) in [7, 11) is 0. The minimum atomic E-state index is -1.14. The molecule has 1 aromatic carbocycles. The van der Waals surface area contributed by atoms with E-state index in [1.807, 2.05) is 0 Å². The Bertz CT molecular complexity index is 537. The standard InChI is InChI=1S/C14H13ClFNO3/c1-2-8-17(9-14(19)20)13(18)7-6-10-11(15)4-3-5-12(10)16/h2-7H,1,8-9H2,(H,19,20). The fourth-order valence-electron chi connectivity index (χ4n) is 1.48. The zero-order valence-electron chi connectivity index (χ0n) is 10.6. The van der Waals surface area contributed by atoms with Gasteiger partial charge in [-0.25, -0.2) is 4.39 Å². The van der Waals surface area contributed by atoms with Crippen LogP contribution in [0.5, 0.6) is 0 Å². The number of benzene rings is 1. The Hall–Kier alpha value is -2.14. The maximum Gasteiger partial charge on any atom is 0.323 e. The van der Waals surface area contributed by atoms with Crippen molar-refractivity contribution in [3.63, 3.8) is 0 Å². The first-order valence-corrected chi connectivity index (χ1v) is 6.07. The van der Waals surface area contributed by atoms with Gasteiger partial charge in [-0.15, -0.1) is 6.58 Å². The molecule has 0 aliphatic heterocycles. The second-order valence-electron chi connectivity index (χ2n) is 3.87. The monoisotopic (exact) mass is 297 g/mol. The third-order valence-corrected chi connectivity index (χ3v) is 2.71. The third-order valence-electron chi connectivity index (χ3n) is 2.38. The van der Waals surface area contributed by atoms with E-state index in [0.29, 0.717) is 0 Å². The Labute approximate surface area is 120 Å². The summed E-state index contributed by atoms with van der Waals surface area (Å²) in [5, 5.41) is 8.87. The van der Waals surface area contributed by atoms with Crippen LogP contribution in [0.3, 0.4) is 0 Å². The average Bonchev–Trinajstić information content (AvgIpc) is 2.37. The molecule has 0 radical (unpaired) electrons. The van der Waals surface area contributed by atoms with Gasteiger partial charge in [0.1, 0.15) is 12.4 Å². The van der Waals surface area contributed by atoms with Gasteiger partial charge in [-0.1, -0.05) is 23.7 Å². The first kappa shape index (κ1) is 15.9. The molecule has 0 spiro atoms. The van der Waals surface area contributed by atoms with Crippen LogP contribution in [0.25, 0.3) is 6.08 Å². The molecular weight excluding hydrogens is 285 g/mol. The van der Waals surface area contributed by atoms with Crippen molar-refractivity contribution < 1.29 is 19.1 Å². The van der Waals surface area contributed by atoms with Gasteiger partial charge >= 0.3 is 5.97 Å². The Morgan fingerprint density at radius 3 is 2.70 bits per heavy atom. The van der Waals surface area contributed by atoms with E-state index >= 15 is 0 Å². The SMILES string of the molecule is C=CCN(CC(=O)O)C(=O)C=Cc1c(F)cccc1Cl. The molecule has 0 fully saturated rings. The van der Waals surface area contributed by atoms with Crippen molar-refractivity contribution in [1.82, 2.24) is 4.90 Å². The first-order chi connectivity index (χ1) is 9.45. The van der Waals surface area contributed by atoms with Crippen molar-refractivity contribution in [2.24, 2.45) is 0 Å². The molecule has 1 aromatic rings. The summed E-state index contributed by atoms with van der Waals surface area (Å²) in [6.07, 6.45) is 3.71. The van der Waals surface area contributed by atoms with Gasteiger partial charge in [-0.05, 0) is 18.2 Å². The summed E-state index contributed by atoms with van der Waals surface area (Å²) in [5.41, 5.74) is 0.0800. The number of halogens is 2. The molecule has 0 saturated carbocycles. The van der Waals surface area contributed by atoms with Crippen molar-refractivity contribution in [3.05, 3.63) is 53.3 Å². The van der Waals surface area contributed by atoms with E-state index in [2.05, 4.69) is 6.58 Å². The minimum absolute atomic E-state index is 0.0800. The molecule has 0 aliphatic carbocycles. The van der Waals surface area contributed by atoms with Gasteiger partial charge < -0.3 is 10.0 Å². The van der Waals surface area contributed by atoms with Crippen molar-refractivity contribution >= 4 is 29.6 Å². The number of hydrogen-bond donors (Lipinski definition) is 1. The maximum absolute atomic E-state index is 13.5. The zero-order chi connectivity index (χ0) is 15.1. The van der Waals surface area contributed by atoms with Crippen molar-refractivity contribution in [2.75, 3.05) is 13.1 Å². The first-order valence-electron chi connectivity index (χ1n) is 5.69. The van der Waals surface area contributed by atoms with Gasteiger partial charge in [0, 0.05) is 18.2 Å². The number of rotatable bonds is 6. The number of hydrogen-bond acceptors (Lipinski definition) is 2. The highest BCUT2D eigenvalue weighted by molar-refractivity contribution is 6.32. The second-order valence-corrected chi connectivity index (χ2v) is 4.28.